The van der Waals surface area contributed by atoms with Gasteiger partial charge < -0.3 is 4.74 Å². The zero-order valence-corrected chi connectivity index (χ0v) is 11.4. The van der Waals surface area contributed by atoms with E-state index in [1.807, 2.05) is 18.2 Å². The molecule has 3 nitrogen and oxygen atoms in total. The Balaban J connectivity index is 2.31. The molecule has 0 saturated heterocycles. The van der Waals surface area contributed by atoms with Crippen LogP contribution in [0.2, 0.25) is 0 Å². The Morgan fingerprint density at radius 2 is 1.95 bits per heavy atom. The average Bonchev–Trinajstić information content (AvgIpc) is 2.39. The molecule has 0 radical (unpaired) electrons. The molecular formula is C16H17NO2. The molecule has 0 amide bonds. The minimum absolute atomic E-state index is 0.0526. The summed E-state index contributed by atoms with van der Waals surface area (Å²) in [6.07, 6.45) is 2.35. The van der Waals surface area contributed by atoms with E-state index in [2.05, 4.69) is 31.8 Å². The van der Waals surface area contributed by atoms with Crippen LogP contribution in [0.3, 0.4) is 0 Å². The quantitative estimate of drug-likeness (QED) is 0.778. The van der Waals surface area contributed by atoms with E-state index < -0.39 is 0 Å². The molecule has 0 fully saturated rings. The highest BCUT2D eigenvalue weighted by molar-refractivity contribution is 5.78. The first kappa shape index (κ1) is 13.3. The minimum atomic E-state index is 0.0526. The molecule has 1 heterocycles. The monoisotopic (exact) mass is 255 g/mol. The fourth-order valence-electron chi connectivity index (χ4n) is 1.72. The van der Waals surface area contributed by atoms with Crippen molar-refractivity contribution in [3.63, 3.8) is 0 Å². The molecule has 2 aromatic rings. The lowest BCUT2D eigenvalue weighted by molar-refractivity contribution is 0.112. The molecule has 0 aliphatic rings. The van der Waals surface area contributed by atoms with Gasteiger partial charge in [0.25, 0.3) is 0 Å². The molecule has 2 rings (SSSR count). The minimum Gasteiger partial charge on any atom is -0.438 e. The second-order valence-corrected chi connectivity index (χ2v) is 5.40. The SMILES string of the molecule is CC(C)(C)c1cccc(Oc2ncccc2C=O)c1. The van der Waals surface area contributed by atoms with Crippen LogP contribution in [-0.2, 0) is 5.41 Å². The number of hydrogen-bond acceptors (Lipinski definition) is 3. The molecule has 1 aromatic heterocycles. The van der Waals surface area contributed by atoms with Crippen molar-refractivity contribution >= 4 is 6.29 Å². The van der Waals surface area contributed by atoms with Crippen LogP contribution in [0.25, 0.3) is 0 Å². The zero-order chi connectivity index (χ0) is 13.9. The summed E-state index contributed by atoms with van der Waals surface area (Å²) in [5.41, 5.74) is 1.68. The van der Waals surface area contributed by atoms with Gasteiger partial charge in [-0.1, -0.05) is 32.9 Å². The van der Waals surface area contributed by atoms with Crippen molar-refractivity contribution in [3.05, 3.63) is 53.7 Å². The van der Waals surface area contributed by atoms with Gasteiger partial charge in [-0.05, 0) is 35.2 Å². The van der Waals surface area contributed by atoms with Crippen LogP contribution in [0.4, 0.5) is 0 Å². The van der Waals surface area contributed by atoms with E-state index in [1.165, 1.54) is 5.56 Å². The van der Waals surface area contributed by atoms with Gasteiger partial charge >= 0.3 is 0 Å². The summed E-state index contributed by atoms with van der Waals surface area (Å²) in [5.74, 6) is 1.03. The highest BCUT2D eigenvalue weighted by Crippen LogP contribution is 2.28. The van der Waals surface area contributed by atoms with Crippen molar-refractivity contribution in [2.75, 3.05) is 0 Å². The summed E-state index contributed by atoms with van der Waals surface area (Å²) >= 11 is 0. The molecule has 0 atom stereocenters. The number of rotatable bonds is 3. The standard InChI is InChI=1S/C16H17NO2/c1-16(2,3)13-7-4-8-14(10-13)19-15-12(11-18)6-5-9-17-15/h4-11H,1-3H3. The van der Waals surface area contributed by atoms with Crippen LogP contribution in [0.5, 0.6) is 11.6 Å². The second-order valence-electron chi connectivity index (χ2n) is 5.40. The number of ether oxygens (including phenoxy) is 1. The van der Waals surface area contributed by atoms with Gasteiger partial charge in [0.2, 0.25) is 5.88 Å². The lowest BCUT2D eigenvalue weighted by Crippen LogP contribution is -2.10. The van der Waals surface area contributed by atoms with Crippen LogP contribution in [0.1, 0.15) is 36.7 Å². The van der Waals surface area contributed by atoms with Crippen LogP contribution >= 0.6 is 0 Å². The molecule has 3 heteroatoms. The van der Waals surface area contributed by atoms with E-state index in [0.717, 1.165) is 6.29 Å². The summed E-state index contributed by atoms with van der Waals surface area (Å²) in [6, 6.07) is 11.2. The predicted molar refractivity (Wildman–Crippen MR) is 74.8 cm³/mol. The maximum atomic E-state index is 10.9. The summed E-state index contributed by atoms with van der Waals surface area (Å²) in [7, 11) is 0. The van der Waals surface area contributed by atoms with Crippen LogP contribution in [0.15, 0.2) is 42.6 Å². The number of benzene rings is 1. The third-order valence-electron chi connectivity index (χ3n) is 2.84. The number of aldehydes is 1. The fourth-order valence-corrected chi connectivity index (χ4v) is 1.72. The lowest BCUT2D eigenvalue weighted by atomic mass is 9.87. The third-order valence-corrected chi connectivity index (χ3v) is 2.84. The molecule has 0 unspecified atom stereocenters. The first-order valence-electron chi connectivity index (χ1n) is 6.19. The van der Waals surface area contributed by atoms with Crippen molar-refractivity contribution in [2.24, 2.45) is 0 Å². The molecule has 19 heavy (non-hydrogen) atoms. The van der Waals surface area contributed by atoms with Crippen molar-refractivity contribution in [3.8, 4) is 11.6 Å². The Kier molecular flexibility index (Phi) is 3.65. The number of carbonyl (C=O) groups excluding carboxylic acids is 1. The molecule has 0 bridgehead atoms. The maximum absolute atomic E-state index is 10.9. The Hall–Kier alpha value is -2.16. The first-order valence-corrected chi connectivity index (χ1v) is 6.19. The number of pyridine rings is 1. The van der Waals surface area contributed by atoms with Gasteiger partial charge in [0.05, 0.1) is 5.56 Å². The van der Waals surface area contributed by atoms with E-state index in [4.69, 9.17) is 4.74 Å². The van der Waals surface area contributed by atoms with Gasteiger partial charge in [-0.15, -0.1) is 0 Å². The van der Waals surface area contributed by atoms with Crippen LogP contribution < -0.4 is 4.74 Å². The molecule has 0 N–H and O–H groups in total. The van der Waals surface area contributed by atoms with Crippen molar-refractivity contribution in [2.45, 2.75) is 26.2 Å². The lowest BCUT2D eigenvalue weighted by Gasteiger charge is -2.19. The van der Waals surface area contributed by atoms with E-state index >= 15 is 0 Å². The Labute approximate surface area is 113 Å². The molecule has 1 aromatic carbocycles. The fraction of sp³-hybridized carbons (Fsp3) is 0.250. The summed E-state index contributed by atoms with van der Waals surface area (Å²) in [6.45, 7) is 6.43. The third kappa shape index (κ3) is 3.19. The predicted octanol–water partition coefficient (Wildman–Crippen LogP) is 3.98. The highest BCUT2D eigenvalue weighted by Gasteiger charge is 2.14. The number of nitrogens with zero attached hydrogens (tertiary/aromatic N) is 1. The van der Waals surface area contributed by atoms with Gasteiger partial charge in [-0.2, -0.15) is 0 Å². The first-order chi connectivity index (χ1) is 9.00. The average molecular weight is 255 g/mol. The smallest absolute Gasteiger partial charge is 0.229 e. The molecule has 0 spiro atoms. The van der Waals surface area contributed by atoms with E-state index in [-0.39, 0.29) is 5.41 Å². The molecule has 98 valence electrons. The van der Waals surface area contributed by atoms with Crippen molar-refractivity contribution in [1.29, 1.82) is 0 Å². The normalized spacial score (nSPS) is 11.1. The zero-order valence-electron chi connectivity index (χ0n) is 11.4. The van der Waals surface area contributed by atoms with Gasteiger partial charge in [0.1, 0.15) is 5.75 Å². The Morgan fingerprint density at radius 3 is 2.63 bits per heavy atom. The van der Waals surface area contributed by atoms with E-state index in [0.29, 0.717) is 17.2 Å². The largest absolute Gasteiger partial charge is 0.438 e. The highest BCUT2D eigenvalue weighted by atomic mass is 16.5. The molecule has 0 aliphatic carbocycles. The van der Waals surface area contributed by atoms with E-state index in [1.54, 1.807) is 18.3 Å². The maximum Gasteiger partial charge on any atom is 0.229 e. The Bertz CT molecular complexity index is 585. The van der Waals surface area contributed by atoms with E-state index in [9.17, 15) is 4.79 Å². The van der Waals surface area contributed by atoms with Gasteiger partial charge in [-0.3, -0.25) is 4.79 Å². The number of aromatic nitrogens is 1. The number of hydrogen-bond donors (Lipinski definition) is 0. The molecule has 0 aliphatic heterocycles. The number of carbonyl (C=O) groups is 1. The van der Waals surface area contributed by atoms with Crippen molar-refractivity contribution < 1.29 is 9.53 Å². The Morgan fingerprint density at radius 1 is 1.16 bits per heavy atom. The summed E-state index contributed by atoms with van der Waals surface area (Å²) in [4.78, 5) is 15.0. The summed E-state index contributed by atoms with van der Waals surface area (Å²) < 4.78 is 5.69. The molecule has 0 saturated carbocycles. The van der Waals surface area contributed by atoms with Crippen LogP contribution in [0, 0.1) is 0 Å². The summed E-state index contributed by atoms with van der Waals surface area (Å²) in [5, 5.41) is 0. The molecular weight excluding hydrogens is 238 g/mol. The second kappa shape index (κ2) is 5.22. The topological polar surface area (TPSA) is 39.2 Å². The van der Waals surface area contributed by atoms with Gasteiger partial charge in [0, 0.05) is 6.20 Å². The van der Waals surface area contributed by atoms with Crippen LogP contribution in [-0.4, -0.2) is 11.3 Å². The van der Waals surface area contributed by atoms with Gasteiger partial charge in [0.15, 0.2) is 6.29 Å². The van der Waals surface area contributed by atoms with Gasteiger partial charge in [-0.25, -0.2) is 4.98 Å². The van der Waals surface area contributed by atoms with Crippen molar-refractivity contribution in [1.82, 2.24) is 4.98 Å².